The van der Waals surface area contributed by atoms with Crippen LogP contribution in [0.25, 0.3) is 10.9 Å². The zero-order valence-electron chi connectivity index (χ0n) is 18.8. The van der Waals surface area contributed by atoms with E-state index in [-0.39, 0.29) is 11.5 Å². The van der Waals surface area contributed by atoms with Crippen LogP contribution in [0.4, 0.5) is 5.82 Å². The Balaban J connectivity index is 1.38. The van der Waals surface area contributed by atoms with Crippen LogP contribution in [0.5, 0.6) is 0 Å². The summed E-state index contributed by atoms with van der Waals surface area (Å²) in [6, 6.07) is 15.3. The number of aryl methyl sites for hydroxylation is 2. The van der Waals surface area contributed by atoms with E-state index in [1.165, 1.54) is 5.56 Å². The molecule has 7 nitrogen and oxygen atoms in total. The number of aromatic nitrogens is 4. The Morgan fingerprint density at radius 2 is 1.85 bits per heavy atom. The number of carbonyl (C=O) groups excluding carboxylic acids is 1. The van der Waals surface area contributed by atoms with Crippen LogP contribution in [0.1, 0.15) is 53.5 Å². The number of benzene rings is 2. The quantitative estimate of drug-likeness (QED) is 0.504. The smallest absolute Gasteiger partial charge is 0.261 e. The SMILES string of the molecule is CCc1ccc(Cn2nccc2NC(=O)c2ccc3c(=O)n4c(nc3c2)CCCCC4)cc1. The van der Waals surface area contributed by atoms with Gasteiger partial charge < -0.3 is 5.32 Å². The molecule has 0 aliphatic carbocycles. The van der Waals surface area contributed by atoms with Gasteiger partial charge in [0.15, 0.2) is 0 Å². The van der Waals surface area contributed by atoms with Crippen molar-refractivity contribution >= 4 is 22.6 Å². The first-order chi connectivity index (χ1) is 16.1. The highest BCUT2D eigenvalue weighted by atomic mass is 16.2. The lowest BCUT2D eigenvalue weighted by Crippen LogP contribution is -2.24. The largest absolute Gasteiger partial charge is 0.307 e. The van der Waals surface area contributed by atoms with E-state index in [9.17, 15) is 9.59 Å². The van der Waals surface area contributed by atoms with Crippen molar-refractivity contribution in [2.45, 2.75) is 52.1 Å². The van der Waals surface area contributed by atoms with Crippen molar-refractivity contribution in [2.24, 2.45) is 0 Å². The van der Waals surface area contributed by atoms with Gasteiger partial charge >= 0.3 is 0 Å². The van der Waals surface area contributed by atoms with E-state index in [0.717, 1.165) is 43.5 Å². The number of nitrogens with one attached hydrogen (secondary N) is 1. The number of fused-ring (bicyclic) bond motifs is 2. The van der Waals surface area contributed by atoms with Crippen LogP contribution >= 0.6 is 0 Å². The Kier molecular flexibility index (Phi) is 5.77. The Bertz CT molecular complexity index is 1370. The van der Waals surface area contributed by atoms with Gasteiger partial charge in [-0.05, 0) is 48.6 Å². The lowest BCUT2D eigenvalue weighted by atomic mass is 10.1. The van der Waals surface area contributed by atoms with Gasteiger partial charge in [-0.25, -0.2) is 9.67 Å². The molecule has 1 N–H and O–H groups in total. The van der Waals surface area contributed by atoms with Crippen molar-refractivity contribution in [1.82, 2.24) is 19.3 Å². The van der Waals surface area contributed by atoms with E-state index < -0.39 is 0 Å². The van der Waals surface area contributed by atoms with Crippen molar-refractivity contribution in [3.63, 3.8) is 0 Å². The molecule has 5 rings (SSSR count). The third-order valence-corrected chi connectivity index (χ3v) is 6.30. The fourth-order valence-corrected chi connectivity index (χ4v) is 4.37. The molecule has 2 aromatic carbocycles. The molecule has 4 aromatic rings. The minimum Gasteiger partial charge on any atom is -0.307 e. The van der Waals surface area contributed by atoms with E-state index in [4.69, 9.17) is 4.98 Å². The summed E-state index contributed by atoms with van der Waals surface area (Å²) in [6.07, 6.45) is 6.59. The average Bonchev–Trinajstić information content (AvgIpc) is 3.12. The fourth-order valence-electron chi connectivity index (χ4n) is 4.37. The monoisotopic (exact) mass is 441 g/mol. The van der Waals surface area contributed by atoms with Gasteiger partial charge in [-0.15, -0.1) is 0 Å². The fraction of sp³-hybridized carbons (Fsp3) is 0.308. The summed E-state index contributed by atoms with van der Waals surface area (Å²) < 4.78 is 3.56. The molecular weight excluding hydrogens is 414 g/mol. The number of hydrogen-bond donors (Lipinski definition) is 1. The normalized spacial score (nSPS) is 13.5. The van der Waals surface area contributed by atoms with E-state index >= 15 is 0 Å². The Morgan fingerprint density at radius 3 is 2.67 bits per heavy atom. The first kappa shape index (κ1) is 21.1. The molecular formula is C26H27N5O2. The molecule has 0 saturated carbocycles. The van der Waals surface area contributed by atoms with Crippen LogP contribution in [-0.2, 0) is 25.9 Å². The maximum atomic E-state index is 13.0. The molecule has 1 aliphatic heterocycles. The lowest BCUT2D eigenvalue weighted by molar-refractivity contribution is 0.102. The van der Waals surface area contributed by atoms with Gasteiger partial charge in [0.05, 0.1) is 23.6 Å². The van der Waals surface area contributed by atoms with Gasteiger partial charge in [-0.2, -0.15) is 5.10 Å². The summed E-state index contributed by atoms with van der Waals surface area (Å²) in [5, 5.41) is 7.87. The van der Waals surface area contributed by atoms with Crippen molar-refractivity contribution in [2.75, 3.05) is 5.32 Å². The number of anilines is 1. The van der Waals surface area contributed by atoms with E-state index in [1.807, 2.05) is 0 Å². The highest BCUT2D eigenvalue weighted by molar-refractivity contribution is 6.05. The molecule has 2 aromatic heterocycles. The van der Waals surface area contributed by atoms with Gasteiger partial charge in [0.1, 0.15) is 11.6 Å². The molecule has 0 atom stereocenters. The summed E-state index contributed by atoms with van der Waals surface area (Å²) in [4.78, 5) is 30.7. The second kappa shape index (κ2) is 9.02. The first-order valence-electron chi connectivity index (χ1n) is 11.6. The standard InChI is InChI=1S/C26H27N5O2/c1-2-18-7-9-19(10-8-18)17-31-24(13-14-27-31)29-25(32)20-11-12-21-22(16-20)28-23-6-4-3-5-15-30(23)26(21)33/h7-14,16H,2-6,15,17H2,1H3,(H,29,32). The topological polar surface area (TPSA) is 81.8 Å². The van der Waals surface area contributed by atoms with Crippen LogP contribution in [-0.4, -0.2) is 25.2 Å². The summed E-state index contributed by atoms with van der Waals surface area (Å²) in [7, 11) is 0. The number of nitrogens with zero attached hydrogens (tertiary/aromatic N) is 4. The van der Waals surface area contributed by atoms with Crippen LogP contribution in [0.3, 0.4) is 0 Å². The minimum absolute atomic E-state index is 0.0176. The highest BCUT2D eigenvalue weighted by Gasteiger charge is 2.16. The molecule has 1 amide bonds. The van der Waals surface area contributed by atoms with Crippen LogP contribution in [0.2, 0.25) is 0 Å². The second-order valence-electron chi connectivity index (χ2n) is 8.53. The van der Waals surface area contributed by atoms with Gasteiger partial charge in [0.25, 0.3) is 11.5 Å². The maximum Gasteiger partial charge on any atom is 0.261 e. The predicted octanol–water partition coefficient (Wildman–Crippen LogP) is 4.18. The van der Waals surface area contributed by atoms with Gasteiger partial charge in [0, 0.05) is 24.6 Å². The van der Waals surface area contributed by atoms with E-state index in [2.05, 4.69) is 41.6 Å². The Labute approximate surface area is 192 Å². The van der Waals surface area contributed by atoms with Crippen LogP contribution in [0, 0.1) is 0 Å². The average molecular weight is 442 g/mol. The zero-order valence-corrected chi connectivity index (χ0v) is 18.8. The van der Waals surface area contributed by atoms with Crippen LogP contribution < -0.4 is 10.9 Å². The molecule has 0 unspecified atom stereocenters. The second-order valence-corrected chi connectivity index (χ2v) is 8.53. The number of hydrogen-bond acceptors (Lipinski definition) is 4. The third kappa shape index (κ3) is 4.31. The third-order valence-electron chi connectivity index (χ3n) is 6.30. The van der Waals surface area contributed by atoms with Gasteiger partial charge in [0.2, 0.25) is 0 Å². The minimum atomic E-state index is -0.253. The summed E-state index contributed by atoms with van der Waals surface area (Å²) in [5.41, 5.74) is 3.42. The van der Waals surface area contributed by atoms with Crippen molar-refractivity contribution in [3.8, 4) is 0 Å². The summed E-state index contributed by atoms with van der Waals surface area (Å²) >= 11 is 0. The molecule has 0 spiro atoms. The van der Waals surface area contributed by atoms with E-state index in [0.29, 0.717) is 35.4 Å². The number of amides is 1. The molecule has 0 radical (unpaired) electrons. The molecule has 1 aliphatic rings. The maximum absolute atomic E-state index is 13.0. The van der Waals surface area contributed by atoms with Crippen molar-refractivity contribution < 1.29 is 4.79 Å². The molecule has 0 fully saturated rings. The lowest BCUT2D eigenvalue weighted by Gasteiger charge is -2.12. The predicted molar refractivity (Wildman–Crippen MR) is 129 cm³/mol. The number of rotatable bonds is 5. The summed E-state index contributed by atoms with van der Waals surface area (Å²) in [6.45, 7) is 3.41. The molecule has 168 valence electrons. The van der Waals surface area contributed by atoms with Crippen molar-refractivity contribution in [1.29, 1.82) is 0 Å². The Morgan fingerprint density at radius 1 is 1.03 bits per heavy atom. The highest BCUT2D eigenvalue weighted by Crippen LogP contribution is 2.18. The zero-order chi connectivity index (χ0) is 22.8. The first-order valence-corrected chi connectivity index (χ1v) is 11.6. The summed E-state index contributed by atoms with van der Waals surface area (Å²) in [5.74, 6) is 1.18. The molecule has 33 heavy (non-hydrogen) atoms. The van der Waals surface area contributed by atoms with Crippen LogP contribution in [0.15, 0.2) is 59.5 Å². The molecule has 0 bridgehead atoms. The van der Waals surface area contributed by atoms with E-state index in [1.54, 1.807) is 39.7 Å². The van der Waals surface area contributed by atoms with Crippen molar-refractivity contribution in [3.05, 3.63) is 87.6 Å². The number of carbonyl (C=O) groups is 1. The molecule has 0 saturated heterocycles. The van der Waals surface area contributed by atoms with Gasteiger partial charge in [-0.3, -0.25) is 14.2 Å². The molecule has 7 heteroatoms. The molecule has 3 heterocycles. The Hall–Kier alpha value is -3.74. The van der Waals surface area contributed by atoms with Gasteiger partial charge in [-0.1, -0.05) is 37.6 Å².